The van der Waals surface area contributed by atoms with Crippen LogP contribution in [0.5, 0.6) is 0 Å². The van der Waals surface area contributed by atoms with E-state index in [1.807, 2.05) is 49.4 Å². The van der Waals surface area contributed by atoms with Crippen molar-refractivity contribution < 1.29 is 4.79 Å². The molecule has 2 N–H and O–H groups in total. The summed E-state index contributed by atoms with van der Waals surface area (Å²) in [6, 6.07) is 14.5. The van der Waals surface area contributed by atoms with Crippen LogP contribution in [0.2, 0.25) is 5.02 Å². The Balaban J connectivity index is 1.71. The zero-order valence-electron chi connectivity index (χ0n) is 12.0. The van der Waals surface area contributed by atoms with Crippen LogP contribution in [0.1, 0.15) is 18.5 Å². The lowest BCUT2D eigenvalue weighted by atomic mass is 10.1. The minimum atomic E-state index is -0.324. The molecule has 0 fully saturated rings. The van der Waals surface area contributed by atoms with E-state index in [1.165, 1.54) is 0 Å². The number of urea groups is 1. The Hall–Kier alpha value is -2.53. The summed E-state index contributed by atoms with van der Waals surface area (Å²) in [4.78, 5) is 16.4. The molecule has 0 spiro atoms. The van der Waals surface area contributed by atoms with Crippen molar-refractivity contribution in [1.82, 2.24) is 15.0 Å². The molecule has 5 nitrogen and oxygen atoms in total. The van der Waals surface area contributed by atoms with Crippen LogP contribution in [0.3, 0.4) is 0 Å². The fourth-order valence-corrected chi connectivity index (χ4v) is 2.59. The van der Waals surface area contributed by atoms with E-state index in [0.29, 0.717) is 5.02 Å². The molecule has 112 valence electrons. The molecule has 1 aromatic heterocycles. The molecule has 0 aliphatic rings. The summed E-state index contributed by atoms with van der Waals surface area (Å²) in [5, 5.41) is 3.49. The maximum atomic E-state index is 12.1. The van der Waals surface area contributed by atoms with Crippen molar-refractivity contribution in [1.29, 1.82) is 0 Å². The van der Waals surface area contributed by atoms with Crippen molar-refractivity contribution >= 4 is 28.7 Å². The summed E-state index contributed by atoms with van der Waals surface area (Å²) in [6.07, 6.45) is 1.57. The molecule has 0 saturated carbocycles. The Kier molecular flexibility index (Phi) is 3.98. The van der Waals surface area contributed by atoms with Crippen LogP contribution in [0.25, 0.3) is 11.0 Å². The molecule has 3 rings (SSSR count). The predicted molar refractivity (Wildman–Crippen MR) is 87.5 cm³/mol. The number of fused-ring (bicyclic) bond motifs is 1. The minimum Gasteiger partial charge on any atom is -0.330 e. The number of hydrogen-bond donors (Lipinski definition) is 2. The number of aromatic nitrogens is 2. The molecule has 1 heterocycles. The highest BCUT2D eigenvalue weighted by Gasteiger charge is 2.13. The fourth-order valence-electron chi connectivity index (χ4n) is 2.29. The van der Waals surface area contributed by atoms with Crippen molar-refractivity contribution in [3.63, 3.8) is 0 Å². The van der Waals surface area contributed by atoms with Crippen molar-refractivity contribution in [2.24, 2.45) is 0 Å². The molecule has 2 aromatic carbocycles. The molecule has 6 heteroatoms. The number of amides is 2. The van der Waals surface area contributed by atoms with Crippen molar-refractivity contribution in [2.45, 2.75) is 13.0 Å². The van der Waals surface area contributed by atoms with Gasteiger partial charge in [-0.1, -0.05) is 41.9 Å². The maximum absolute atomic E-state index is 12.1. The van der Waals surface area contributed by atoms with Crippen LogP contribution >= 0.6 is 11.6 Å². The molecule has 3 aromatic rings. The molecule has 1 atom stereocenters. The molecular weight excluding hydrogens is 300 g/mol. The smallest absolute Gasteiger partial charge is 0.330 e. The van der Waals surface area contributed by atoms with E-state index in [1.54, 1.807) is 17.1 Å². The minimum absolute atomic E-state index is 0.205. The van der Waals surface area contributed by atoms with Gasteiger partial charge in [0, 0.05) is 5.02 Å². The van der Waals surface area contributed by atoms with Crippen LogP contribution < -0.4 is 10.7 Å². The number of nitrogens with zero attached hydrogens (tertiary/aromatic N) is 2. The molecule has 2 amide bonds. The van der Waals surface area contributed by atoms with Crippen molar-refractivity contribution in [3.05, 3.63) is 65.4 Å². The highest BCUT2D eigenvalue weighted by Crippen LogP contribution is 2.22. The van der Waals surface area contributed by atoms with Gasteiger partial charge in [0.1, 0.15) is 6.33 Å². The quantitative estimate of drug-likeness (QED) is 0.774. The second-order valence-corrected chi connectivity index (χ2v) is 5.34. The monoisotopic (exact) mass is 314 g/mol. The largest absolute Gasteiger partial charge is 0.334 e. The van der Waals surface area contributed by atoms with Gasteiger partial charge in [-0.05, 0) is 30.7 Å². The van der Waals surface area contributed by atoms with E-state index < -0.39 is 0 Å². The van der Waals surface area contributed by atoms with Crippen LogP contribution in [-0.2, 0) is 0 Å². The molecule has 0 aliphatic carbocycles. The number of benzene rings is 2. The van der Waals surface area contributed by atoms with E-state index in [4.69, 9.17) is 11.6 Å². The maximum Gasteiger partial charge on any atom is 0.334 e. The number of hydrogen-bond acceptors (Lipinski definition) is 2. The number of rotatable bonds is 3. The second-order valence-electron chi connectivity index (χ2n) is 4.93. The van der Waals surface area contributed by atoms with Crippen molar-refractivity contribution in [2.75, 3.05) is 5.43 Å². The highest BCUT2D eigenvalue weighted by molar-refractivity contribution is 6.31. The average molecular weight is 315 g/mol. The fraction of sp³-hybridized carbons (Fsp3) is 0.125. The SMILES string of the molecule is CC(NC(=O)Nn1cnc2ccccc21)c1ccccc1Cl. The van der Waals surface area contributed by atoms with Gasteiger partial charge in [0.2, 0.25) is 0 Å². The summed E-state index contributed by atoms with van der Waals surface area (Å²) in [5.74, 6) is 0. The van der Waals surface area contributed by atoms with Crippen LogP contribution in [0.4, 0.5) is 4.79 Å². The van der Waals surface area contributed by atoms with Gasteiger partial charge < -0.3 is 5.32 Å². The standard InChI is InChI=1S/C16H15ClN4O/c1-11(12-6-2-3-7-13(12)17)19-16(22)20-21-10-18-14-8-4-5-9-15(14)21/h2-11H,1H3,(H2,19,20,22). The van der Waals surface area contributed by atoms with Crippen LogP contribution in [0, 0.1) is 0 Å². The number of imidazole rings is 1. The zero-order chi connectivity index (χ0) is 15.5. The predicted octanol–water partition coefficient (Wildman–Crippen LogP) is 3.70. The van der Waals surface area contributed by atoms with E-state index in [2.05, 4.69) is 15.7 Å². The van der Waals surface area contributed by atoms with Gasteiger partial charge in [0.25, 0.3) is 0 Å². The molecule has 0 bridgehead atoms. The first-order chi connectivity index (χ1) is 10.6. The Morgan fingerprint density at radius 2 is 1.91 bits per heavy atom. The summed E-state index contributed by atoms with van der Waals surface area (Å²) < 4.78 is 1.59. The number of para-hydroxylation sites is 2. The van der Waals surface area contributed by atoms with E-state index in [-0.39, 0.29) is 12.1 Å². The molecule has 0 aliphatic heterocycles. The molecule has 0 saturated heterocycles. The Bertz CT molecular complexity index is 815. The van der Waals surface area contributed by atoms with Gasteiger partial charge >= 0.3 is 6.03 Å². The third kappa shape index (κ3) is 2.89. The Morgan fingerprint density at radius 3 is 2.73 bits per heavy atom. The van der Waals surface area contributed by atoms with Crippen molar-refractivity contribution in [3.8, 4) is 0 Å². The normalized spacial score (nSPS) is 12.1. The number of carbonyl (C=O) groups excluding carboxylic acids is 1. The van der Waals surface area contributed by atoms with Gasteiger partial charge in [-0.15, -0.1) is 0 Å². The van der Waals surface area contributed by atoms with Gasteiger partial charge in [-0.2, -0.15) is 0 Å². The third-order valence-electron chi connectivity index (χ3n) is 3.39. The van der Waals surface area contributed by atoms with Crippen LogP contribution in [-0.4, -0.2) is 15.7 Å². The van der Waals surface area contributed by atoms with E-state index in [9.17, 15) is 4.79 Å². The van der Waals surface area contributed by atoms with Crippen LogP contribution in [0.15, 0.2) is 54.9 Å². The zero-order valence-corrected chi connectivity index (χ0v) is 12.7. The molecule has 1 unspecified atom stereocenters. The molecular formula is C16H15ClN4O. The third-order valence-corrected chi connectivity index (χ3v) is 3.74. The number of carbonyl (C=O) groups is 1. The topological polar surface area (TPSA) is 59.0 Å². The summed E-state index contributed by atoms with van der Waals surface area (Å²) in [5.41, 5.74) is 5.27. The first-order valence-electron chi connectivity index (χ1n) is 6.89. The van der Waals surface area contributed by atoms with Gasteiger partial charge in [0.15, 0.2) is 0 Å². The second kappa shape index (κ2) is 6.07. The van der Waals surface area contributed by atoms with Gasteiger partial charge in [-0.25, -0.2) is 19.9 Å². The lowest BCUT2D eigenvalue weighted by molar-refractivity contribution is 0.247. The summed E-state index contributed by atoms with van der Waals surface area (Å²) >= 11 is 6.14. The number of halogens is 1. The lowest BCUT2D eigenvalue weighted by Crippen LogP contribution is -2.35. The first-order valence-corrected chi connectivity index (χ1v) is 7.27. The molecule has 22 heavy (non-hydrogen) atoms. The summed E-state index contributed by atoms with van der Waals surface area (Å²) in [7, 11) is 0. The average Bonchev–Trinajstić information content (AvgIpc) is 2.91. The Morgan fingerprint density at radius 1 is 1.18 bits per heavy atom. The highest BCUT2D eigenvalue weighted by atomic mass is 35.5. The van der Waals surface area contributed by atoms with Gasteiger partial charge in [-0.3, -0.25) is 0 Å². The van der Waals surface area contributed by atoms with Gasteiger partial charge in [0.05, 0.1) is 17.1 Å². The van der Waals surface area contributed by atoms with E-state index in [0.717, 1.165) is 16.6 Å². The first kappa shape index (κ1) is 14.4. The Labute approximate surface area is 132 Å². The summed E-state index contributed by atoms with van der Waals surface area (Å²) in [6.45, 7) is 1.88. The lowest BCUT2D eigenvalue weighted by Gasteiger charge is -2.16. The molecule has 0 radical (unpaired) electrons. The number of nitrogens with one attached hydrogen (secondary N) is 2. The van der Waals surface area contributed by atoms with E-state index >= 15 is 0 Å².